The lowest BCUT2D eigenvalue weighted by atomic mass is 10.1. The molecule has 74 valence electrons. The maximum atomic E-state index is 10.5. The SMILES string of the molecule is CC(CC=Cc1ccccc1)C(=O)O. The van der Waals surface area contributed by atoms with Gasteiger partial charge in [0, 0.05) is 0 Å². The molecule has 14 heavy (non-hydrogen) atoms. The molecule has 2 heteroatoms. The van der Waals surface area contributed by atoms with E-state index in [4.69, 9.17) is 5.11 Å². The third kappa shape index (κ3) is 3.44. The minimum atomic E-state index is -0.747. The molecule has 0 aliphatic rings. The van der Waals surface area contributed by atoms with Crippen LogP contribution >= 0.6 is 0 Å². The maximum absolute atomic E-state index is 10.5. The van der Waals surface area contributed by atoms with Crippen LogP contribution in [0, 0.1) is 5.92 Å². The summed E-state index contributed by atoms with van der Waals surface area (Å²) in [6.45, 7) is 1.71. The first-order valence-electron chi connectivity index (χ1n) is 4.64. The molecule has 0 aliphatic heterocycles. The summed E-state index contributed by atoms with van der Waals surface area (Å²) in [4.78, 5) is 10.5. The zero-order valence-corrected chi connectivity index (χ0v) is 8.18. The highest BCUT2D eigenvalue weighted by Crippen LogP contribution is 2.06. The molecule has 0 aromatic heterocycles. The first-order valence-corrected chi connectivity index (χ1v) is 4.64. The monoisotopic (exact) mass is 190 g/mol. The summed E-state index contributed by atoms with van der Waals surface area (Å²) in [5.41, 5.74) is 1.10. The van der Waals surface area contributed by atoms with Crippen molar-refractivity contribution in [3.8, 4) is 0 Å². The lowest BCUT2D eigenvalue weighted by Crippen LogP contribution is -2.07. The topological polar surface area (TPSA) is 37.3 Å². The third-order valence-corrected chi connectivity index (χ3v) is 2.02. The van der Waals surface area contributed by atoms with Gasteiger partial charge in [-0.15, -0.1) is 0 Å². The van der Waals surface area contributed by atoms with E-state index in [0.29, 0.717) is 6.42 Å². The van der Waals surface area contributed by atoms with Crippen molar-refractivity contribution >= 4 is 12.0 Å². The molecule has 2 nitrogen and oxygen atoms in total. The summed E-state index contributed by atoms with van der Waals surface area (Å²) in [5.74, 6) is -1.06. The van der Waals surface area contributed by atoms with Crippen molar-refractivity contribution in [3.63, 3.8) is 0 Å². The second-order valence-corrected chi connectivity index (χ2v) is 3.29. The average Bonchev–Trinajstić information content (AvgIpc) is 2.19. The molecule has 0 amide bonds. The molecule has 0 heterocycles. The van der Waals surface area contributed by atoms with Crippen LogP contribution in [0.5, 0.6) is 0 Å². The Kier molecular flexibility index (Phi) is 3.92. The molecule has 0 saturated carbocycles. The smallest absolute Gasteiger partial charge is 0.306 e. The minimum Gasteiger partial charge on any atom is -0.481 e. The molecule has 0 bridgehead atoms. The van der Waals surface area contributed by atoms with Gasteiger partial charge in [-0.05, 0) is 12.0 Å². The number of carbonyl (C=O) groups is 1. The van der Waals surface area contributed by atoms with Crippen LogP contribution < -0.4 is 0 Å². The molecule has 1 atom stereocenters. The summed E-state index contributed by atoms with van der Waals surface area (Å²) < 4.78 is 0. The molecule has 1 aromatic rings. The fraction of sp³-hybridized carbons (Fsp3) is 0.250. The van der Waals surface area contributed by atoms with Gasteiger partial charge in [-0.3, -0.25) is 4.79 Å². The summed E-state index contributed by atoms with van der Waals surface area (Å²) in [6, 6.07) is 9.85. The number of benzene rings is 1. The Morgan fingerprint density at radius 3 is 2.64 bits per heavy atom. The Morgan fingerprint density at radius 2 is 2.07 bits per heavy atom. The van der Waals surface area contributed by atoms with Gasteiger partial charge in [0.05, 0.1) is 5.92 Å². The predicted octanol–water partition coefficient (Wildman–Crippen LogP) is 2.81. The van der Waals surface area contributed by atoms with Crippen LogP contribution in [0.15, 0.2) is 36.4 Å². The Morgan fingerprint density at radius 1 is 1.43 bits per heavy atom. The van der Waals surface area contributed by atoms with E-state index in [1.54, 1.807) is 6.92 Å². The third-order valence-electron chi connectivity index (χ3n) is 2.02. The Hall–Kier alpha value is -1.57. The standard InChI is InChI=1S/C12H14O2/c1-10(12(13)14)6-5-9-11-7-3-2-4-8-11/h2-5,7-10H,6H2,1H3,(H,13,14). The predicted molar refractivity (Wildman–Crippen MR) is 56.9 cm³/mol. The Balaban J connectivity index is 2.46. The van der Waals surface area contributed by atoms with Crippen molar-refractivity contribution in [2.75, 3.05) is 0 Å². The molecule has 0 aliphatic carbocycles. The first kappa shape index (κ1) is 10.5. The van der Waals surface area contributed by atoms with Crippen LogP contribution in [0.1, 0.15) is 18.9 Å². The number of carboxylic acids is 1. The molecular weight excluding hydrogens is 176 g/mol. The second kappa shape index (κ2) is 5.22. The fourth-order valence-electron chi connectivity index (χ4n) is 1.07. The van der Waals surface area contributed by atoms with Gasteiger partial charge in [-0.25, -0.2) is 0 Å². The summed E-state index contributed by atoms with van der Waals surface area (Å²) in [7, 11) is 0. The zero-order valence-electron chi connectivity index (χ0n) is 8.18. The fourth-order valence-corrected chi connectivity index (χ4v) is 1.07. The molecule has 1 N–H and O–H groups in total. The highest BCUT2D eigenvalue weighted by Gasteiger charge is 2.07. The number of hydrogen-bond acceptors (Lipinski definition) is 1. The zero-order chi connectivity index (χ0) is 10.4. The van der Waals surface area contributed by atoms with Gasteiger partial charge >= 0.3 is 5.97 Å². The Labute approximate surface area is 83.9 Å². The van der Waals surface area contributed by atoms with Gasteiger partial charge in [0.1, 0.15) is 0 Å². The second-order valence-electron chi connectivity index (χ2n) is 3.29. The largest absolute Gasteiger partial charge is 0.481 e. The van der Waals surface area contributed by atoms with Crippen molar-refractivity contribution in [1.29, 1.82) is 0 Å². The van der Waals surface area contributed by atoms with E-state index in [1.807, 2.05) is 42.5 Å². The van der Waals surface area contributed by atoms with Crippen molar-refractivity contribution < 1.29 is 9.90 Å². The van der Waals surface area contributed by atoms with E-state index in [1.165, 1.54) is 0 Å². The van der Waals surface area contributed by atoms with Gasteiger partial charge < -0.3 is 5.11 Å². The van der Waals surface area contributed by atoms with Crippen molar-refractivity contribution in [1.82, 2.24) is 0 Å². The van der Waals surface area contributed by atoms with Gasteiger partial charge in [0.25, 0.3) is 0 Å². The highest BCUT2D eigenvalue weighted by atomic mass is 16.4. The molecular formula is C12H14O2. The van der Waals surface area contributed by atoms with Crippen molar-refractivity contribution in [3.05, 3.63) is 42.0 Å². The summed E-state index contributed by atoms with van der Waals surface area (Å²) in [5, 5.41) is 8.65. The number of carboxylic acid groups (broad SMARTS) is 1. The van der Waals surface area contributed by atoms with Gasteiger partial charge in [0.15, 0.2) is 0 Å². The number of aliphatic carboxylic acids is 1. The normalized spacial score (nSPS) is 12.9. The van der Waals surface area contributed by atoms with E-state index in [2.05, 4.69) is 0 Å². The van der Waals surface area contributed by atoms with Gasteiger partial charge in [-0.2, -0.15) is 0 Å². The number of rotatable bonds is 4. The molecule has 1 rings (SSSR count). The van der Waals surface area contributed by atoms with E-state index in [-0.39, 0.29) is 5.92 Å². The van der Waals surface area contributed by atoms with Crippen LogP contribution in [0.4, 0.5) is 0 Å². The molecule has 0 spiro atoms. The van der Waals surface area contributed by atoms with Crippen molar-refractivity contribution in [2.45, 2.75) is 13.3 Å². The first-order chi connectivity index (χ1) is 6.70. The lowest BCUT2D eigenvalue weighted by molar-refractivity contribution is -0.140. The van der Waals surface area contributed by atoms with Gasteiger partial charge in [0.2, 0.25) is 0 Å². The summed E-state index contributed by atoms with van der Waals surface area (Å²) >= 11 is 0. The number of hydrogen-bond donors (Lipinski definition) is 1. The van der Waals surface area contributed by atoms with Crippen LogP contribution in [0.3, 0.4) is 0 Å². The van der Waals surface area contributed by atoms with E-state index in [0.717, 1.165) is 5.56 Å². The molecule has 1 unspecified atom stereocenters. The van der Waals surface area contributed by atoms with Crippen LogP contribution in [0.25, 0.3) is 6.08 Å². The maximum Gasteiger partial charge on any atom is 0.306 e. The number of allylic oxidation sites excluding steroid dienone is 1. The van der Waals surface area contributed by atoms with E-state index < -0.39 is 5.97 Å². The average molecular weight is 190 g/mol. The quantitative estimate of drug-likeness (QED) is 0.792. The Bertz CT molecular complexity index is 314. The van der Waals surface area contributed by atoms with Crippen LogP contribution in [-0.2, 0) is 4.79 Å². The lowest BCUT2D eigenvalue weighted by Gasteiger charge is -1.99. The molecule has 1 aromatic carbocycles. The molecule has 0 fully saturated rings. The molecule has 0 radical (unpaired) electrons. The summed E-state index contributed by atoms with van der Waals surface area (Å²) in [6.07, 6.45) is 4.41. The van der Waals surface area contributed by atoms with E-state index in [9.17, 15) is 4.79 Å². The highest BCUT2D eigenvalue weighted by molar-refractivity contribution is 5.69. The van der Waals surface area contributed by atoms with Crippen LogP contribution in [-0.4, -0.2) is 11.1 Å². The van der Waals surface area contributed by atoms with Crippen LogP contribution in [0.2, 0.25) is 0 Å². The minimum absolute atomic E-state index is 0.310. The molecule has 0 saturated heterocycles. The van der Waals surface area contributed by atoms with Gasteiger partial charge in [-0.1, -0.05) is 49.4 Å². The van der Waals surface area contributed by atoms with E-state index >= 15 is 0 Å². The van der Waals surface area contributed by atoms with Crippen molar-refractivity contribution in [2.24, 2.45) is 5.92 Å².